The Morgan fingerprint density at radius 1 is 1.46 bits per heavy atom. The summed E-state index contributed by atoms with van der Waals surface area (Å²) >= 11 is 0. The van der Waals surface area contributed by atoms with E-state index in [1.54, 1.807) is 0 Å². The van der Waals surface area contributed by atoms with Crippen molar-refractivity contribution in [2.75, 3.05) is 6.61 Å². The second kappa shape index (κ2) is 4.72. The van der Waals surface area contributed by atoms with E-state index in [0.717, 1.165) is 11.1 Å². The summed E-state index contributed by atoms with van der Waals surface area (Å²) in [6.07, 6.45) is -0.661. The number of hydrogen-bond acceptors (Lipinski definition) is 3. The normalized spacial score (nSPS) is 12.5. The fraction of sp³-hybridized carbons (Fsp3) is 0.400. The second-order valence-corrected chi connectivity index (χ2v) is 2.77. The predicted molar refractivity (Wildman–Crippen MR) is 51.3 cm³/mol. The lowest BCUT2D eigenvalue weighted by atomic mass is 10.1. The number of aryl methyl sites for hydroxylation is 1. The van der Waals surface area contributed by atoms with Gasteiger partial charge in [-0.15, -0.1) is 4.91 Å². The zero-order valence-corrected chi connectivity index (χ0v) is 7.86. The van der Waals surface area contributed by atoms with Gasteiger partial charge in [-0.2, -0.15) is 0 Å². The molecule has 1 aromatic carbocycles. The molecule has 0 aliphatic carbocycles. The van der Waals surface area contributed by atoms with Crippen molar-refractivity contribution in [2.24, 2.45) is 5.18 Å². The van der Waals surface area contributed by atoms with Gasteiger partial charge in [-0.3, -0.25) is 0 Å². The van der Waals surface area contributed by atoms with Crippen LogP contribution in [-0.4, -0.2) is 6.61 Å². The monoisotopic (exact) mass is 179 g/mol. The molecule has 0 bridgehead atoms. The topological polar surface area (TPSA) is 38.7 Å². The molecule has 1 rings (SSSR count). The first-order chi connectivity index (χ1) is 6.29. The van der Waals surface area contributed by atoms with Crippen molar-refractivity contribution >= 4 is 0 Å². The van der Waals surface area contributed by atoms with Crippen molar-refractivity contribution in [3.63, 3.8) is 0 Å². The van der Waals surface area contributed by atoms with Gasteiger partial charge in [-0.1, -0.05) is 24.3 Å². The van der Waals surface area contributed by atoms with Crippen LogP contribution < -0.4 is 0 Å². The molecule has 0 amide bonds. The van der Waals surface area contributed by atoms with Gasteiger partial charge in [0.2, 0.25) is 6.23 Å². The fourth-order valence-corrected chi connectivity index (χ4v) is 1.20. The number of nitroso groups, excluding NO2 is 1. The van der Waals surface area contributed by atoms with Gasteiger partial charge in [0, 0.05) is 12.2 Å². The quantitative estimate of drug-likeness (QED) is 0.666. The molecule has 70 valence electrons. The maximum Gasteiger partial charge on any atom is 0.215 e. The molecule has 13 heavy (non-hydrogen) atoms. The molecule has 0 heterocycles. The summed E-state index contributed by atoms with van der Waals surface area (Å²) in [5.74, 6) is 0. The molecular weight excluding hydrogens is 166 g/mol. The minimum absolute atomic E-state index is 0.491. The zero-order chi connectivity index (χ0) is 9.68. The molecule has 1 unspecified atom stereocenters. The SMILES string of the molecule is CCOC(N=O)c1ccccc1C. The summed E-state index contributed by atoms with van der Waals surface area (Å²) in [4.78, 5) is 10.5. The Labute approximate surface area is 77.7 Å². The summed E-state index contributed by atoms with van der Waals surface area (Å²) in [5.41, 5.74) is 1.87. The van der Waals surface area contributed by atoms with Gasteiger partial charge >= 0.3 is 0 Å². The van der Waals surface area contributed by atoms with Crippen LogP contribution in [0.25, 0.3) is 0 Å². The largest absolute Gasteiger partial charge is 0.350 e. The van der Waals surface area contributed by atoms with Gasteiger partial charge < -0.3 is 4.74 Å². The van der Waals surface area contributed by atoms with E-state index in [1.165, 1.54) is 0 Å². The van der Waals surface area contributed by atoms with Gasteiger partial charge in [0.1, 0.15) is 0 Å². The van der Waals surface area contributed by atoms with Gasteiger partial charge in [0.15, 0.2) is 0 Å². The zero-order valence-electron chi connectivity index (χ0n) is 7.86. The van der Waals surface area contributed by atoms with Crippen molar-refractivity contribution in [3.8, 4) is 0 Å². The molecule has 0 saturated carbocycles. The van der Waals surface area contributed by atoms with Crippen molar-refractivity contribution in [3.05, 3.63) is 40.3 Å². The number of benzene rings is 1. The van der Waals surface area contributed by atoms with E-state index in [0.29, 0.717) is 6.61 Å². The van der Waals surface area contributed by atoms with Crippen LogP contribution in [0, 0.1) is 11.8 Å². The molecule has 0 fully saturated rings. The van der Waals surface area contributed by atoms with Crippen molar-refractivity contribution < 1.29 is 4.74 Å². The molecule has 0 radical (unpaired) electrons. The molecule has 3 nitrogen and oxygen atoms in total. The van der Waals surface area contributed by atoms with Crippen LogP contribution in [0.4, 0.5) is 0 Å². The van der Waals surface area contributed by atoms with E-state index in [9.17, 15) is 4.91 Å². The highest BCUT2D eigenvalue weighted by atomic mass is 16.5. The Bertz CT molecular complexity index is 286. The Morgan fingerprint density at radius 2 is 2.15 bits per heavy atom. The number of ether oxygens (including phenoxy) is 1. The van der Waals surface area contributed by atoms with Crippen molar-refractivity contribution in [2.45, 2.75) is 20.1 Å². The number of rotatable bonds is 4. The van der Waals surface area contributed by atoms with E-state index in [4.69, 9.17) is 4.74 Å². The molecular formula is C10H13NO2. The third kappa shape index (κ3) is 2.36. The highest BCUT2D eigenvalue weighted by Gasteiger charge is 2.12. The van der Waals surface area contributed by atoms with Gasteiger partial charge in [-0.25, -0.2) is 0 Å². The summed E-state index contributed by atoms with van der Waals surface area (Å²) in [5, 5.41) is 2.94. The Hall–Kier alpha value is -1.22. The Morgan fingerprint density at radius 3 is 2.69 bits per heavy atom. The maximum atomic E-state index is 10.5. The highest BCUT2D eigenvalue weighted by molar-refractivity contribution is 5.27. The molecule has 1 atom stereocenters. The lowest BCUT2D eigenvalue weighted by molar-refractivity contribution is 0.0676. The Balaban J connectivity index is 2.90. The van der Waals surface area contributed by atoms with Gasteiger partial charge in [0.05, 0.1) is 0 Å². The first-order valence-corrected chi connectivity index (χ1v) is 4.29. The first kappa shape index (κ1) is 9.86. The summed E-state index contributed by atoms with van der Waals surface area (Å²) in [7, 11) is 0. The summed E-state index contributed by atoms with van der Waals surface area (Å²) < 4.78 is 5.18. The van der Waals surface area contributed by atoms with E-state index < -0.39 is 6.23 Å². The fourth-order valence-electron chi connectivity index (χ4n) is 1.20. The molecule has 0 spiro atoms. The smallest absolute Gasteiger partial charge is 0.215 e. The Kier molecular flexibility index (Phi) is 3.58. The van der Waals surface area contributed by atoms with Crippen LogP contribution in [0.1, 0.15) is 24.3 Å². The standard InChI is InChI=1S/C10H13NO2/c1-3-13-10(11-12)9-7-5-4-6-8(9)2/h4-7,10H,3H2,1-2H3. The maximum absolute atomic E-state index is 10.5. The average molecular weight is 179 g/mol. The van der Waals surface area contributed by atoms with Gasteiger partial charge in [-0.05, 0) is 24.6 Å². The van der Waals surface area contributed by atoms with Crippen molar-refractivity contribution in [1.82, 2.24) is 0 Å². The van der Waals surface area contributed by atoms with Crippen LogP contribution in [0.15, 0.2) is 29.4 Å². The molecule has 3 heteroatoms. The van der Waals surface area contributed by atoms with Crippen LogP contribution in [-0.2, 0) is 4.74 Å². The minimum Gasteiger partial charge on any atom is -0.350 e. The van der Waals surface area contributed by atoms with Crippen LogP contribution in [0.2, 0.25) is 0 Å². The predicted octanol–water partition coefficient (Wildman–Crippen LogP) is 2.80. The van der Waals surface area contributed by atoms with Gasteiger partial charge in [0.25, 0.3) is 0 Å². The number of hydrogen-bond donors (Lipinski definition) is 0. The minimum atomic E-state index is -0.661. The molecule has 0 N–H and O–H groups in total. The molecule has 1 aromatic rings. The second-order valence-electron chi connectivity index (χ2n) is 2.77. The van der Waals surface area contributed by atoms with Crippen LogP contribution in [0.5, 0.6) is 0 Å². The van der Waals surface area contributed by atoms with E-state index in [1.807, 2.05) is 38.1 Å². The lowest BCUT2D eigenvalue weighted by Gasteiger charge is -2.11. The molecule has 0 aliphatic heterocycles. The lowest BCUT2D eigenvalue weighted by Crippen LogP contribution is -2.02. The first-order valence-electron chi connectivity index (χ1n) is 4.29. The number of nitrogens with zero attached hydrogens (tertiary/aromatic N) is 1. The summed E-state index contributed by atoms with van der Waals surface area (Å²) in [6.45, 7) is 4.27. The average Bonchev–Trinajstić information content (AvgIpc) is 2.16. The molecule has 0 aromatic heterocycles. The van der Waals surface area contributed by atoms with Crippen molar-refractivity contribution in [1.29, 1.82) is 0 Å². The van der Waals surface area contributed by atoms with E-state index in [2.05, 4.69) is 5.18 Å². The molecule has 0 aliphatic rings. The third-order valence-corrected chi connectivity index (χ3v) is 1.87. The molecule has 0 saturated heterocycles. The highest BCUT2D eigenvalue weighted by Crippen LogP contribution is 2.21. The third-order valence-electron chi connectivity index (χ3n) is 1.87. The van der Waals surface area contributed by atoms with Crippen LogP contribution >= 0.6 is 0 Å². The van der Waals surface area contributed by atoms with E-state index >= 15 is 0 Å². The summed E-state index contributed by atoms with van der Waals surface area (Å²) in [6, 6.07) is 7.59. The van der Waals surface area contributed by atoms with E-state index in [-0.39, 0.29) is 0 Å². The van der Waals surface area contributed by atoms with Crippen LogP contribution in [0.3, 0.4) is 0 Å².